The number of primary amides is 1. The van der Waals surface area contributed by atoms with Crippen molar-refractivity contribution in [3.8, 4) is 28.5 Å². The van der Waals surface area contributed by atoms with Crippen LogP contribution in [0.1, 0.15) is 41.7 Å². The van der Waals surface area contributed by atoms with Crippen LogP contribution in [0.4, 0.5) is 0 Å². The van der Waals surface area contributed by atoms with E-state index in [0.717, 1.165) is 42.7 Å². The van der Waals surface area contributed by atoms with Gasteiger partial charge in [-0.3, -0.25) is 4.79 Å². The fraction of sp³-hybridized carbons (Fsp3) is 0.259. The summed E-state index contributed by atoms with van der Waals surface area (Å²) in [4.78, 5) is 18.2. The van der Waals surface area contributed by atoms with Gasteiger partial charge in [0.25, 0.3) is 5.91 Å². The Bertz CT molecular complexity index is 1360. The topological polar surface area (TPSA) is 97.9 Å². The maximum absolute atomic E-state index is 12.4. The number of aromatic nitrogens is 3. The Kier molecular flexibility index (Phi) is 6.18. The molecular weight excluding hydrogens is 442 g/mol. The summed E-state index contributed by atoms with van der Waals surface area (Å²) < 4.78 is 13.0. The van der Waals surface area contributed by atoms with Gasteiger partial charge in [0, 0.05) is 24.2 Å². The van der Waals surface area contributed by atoms with Crippen molar-refractivity contribution in [3.05, 3.63) is 78.3 Å². The highest BCUT2D eigenvalue weighted by Crippen LogP contribution is 2.35. The molecule has 2 aromatic carbocycles. The van der Waals surface area contributed by atoms with E-state index in [1.807, 2.05) is 61.7 Å². The molecule has 1 aliphatic heterocycles. The second-order valence-electron chi connectivity index (χ2n) is 8.64. The molecule has 8 nitrogen and oxygen atoms in total. The number of methoxy groups -OCH3 is 1. The highest BCUT2D eigenvalue weighted by Gasteiger charge is 2.26. The van der Waals surface area contributed by atoms with Crippen LogP contribution in [-0.2, 0) is 0 Å². The number of allylic oxidation sites excluding steroid dienone is 1. The van der Waals surface area contributed by atoms with E-state index in [1.54, 1.807) is 11.6 Å². The van der Waals surface area contributed by atoms with Gasteiger partial charge in [-0.25, -0.2) is 4.52 Å². The number of hydrogen-bond acceptors (Lipinski definition) is 5. The maximum Gasteiger partial charge on any atom is 0.269 e. The van der Waals surface area contributed by atoms with E-state index in [2.05, 4.69) is 27.3 Å². The van der Waals surface area contributed by atoms with Gasteiger partial charge in [0.05, 0.1) is 19.0 Å². The van der Waals surface area contributed by atoms with E-state index in [1.165, 1.54) is 0 Å². The second kappa shape index (κ2) is 9.58. The lowest BCUT2D eigenvalue weighted by atomic mass is 9.91. The molecule has 1 amide bonds. The van der Waals surface area contributed by atoms with Gasteiger partial charge in [0.1, 0.15) is 11.4 Å². The van der Waals surface area contributed by atoms with Crippen LogP contribution < -0.4 is 15.2 Å². The summed E-state index contributed by atoms with van der Waals surface area (Å²) in [6.45, 7) is 4.03. The Morgan fingerprint density at radius 2 is 1.83 bits per heavy atom. The van der Waals surface area contributed by atoms with Crippen LogP contribution in [-0.4, -0.2) is 45.6 Å². The number of nitrogens with one attached hydrogen (secondary N) is 1. The molecule has 0 spiro atoms. The number of nitrogens with zero attached hydrogens (tertiary/aromatic N) is 3. The largest absolute Gasteiger partial charge is 0.493 e. The van der Waals surface area contributed by atoms with Gasteiger partial charge >= 0.3 is 0 Å². The van der Waals surface area contributed by atoms with E-state index in [-0.39, 0.29) is 0 Å². The molecule has 1 fully saturated rings. The van der Waals surface area contributed by atoms with Crippen molar-refractivity contribution in [1.82, 2.24) is 19.5 Å². The molecule has 2 aromatic heterocycles. The Labute approximate surface area is 204 Å². The molecule has 0 bridgehead atoms. The summed E-state index contributed by atoms with van der Waals surface area (Å²) in [5, 5.41) is 4.53. The number of imidazole rings is 1. The molecule has 0 saturated carbocycles. The number of ether oxygens (including phenoxy) is 2. The lowest BCUT2D eigenvalue weighted by molar-refractivity contribution is 0.0994. The number of hydrogen-bond donors (Lipinski definition) is 2. The molecule has 1 saturated heterocycles. The van der Waals surface area contributed by atoms with E-state index >= 15 is 0 Å². The van der Waals surface area contributed by atoms with Crippen molar-refractivity contribution in [2.45, 2.75) is 25.7 Å². The van der Waals surface area contributed by atoms with Crippen molar-refractivity contribution < 1.29 is 14.3 Å². The van der Waals surface area contributed by atoms with E-state index in [4.69, 9.17) is 15.2 Å². The lowest BCUT2D eigenvalue weighted by Gasteiger charge is -2.30. The minimum absolute atomic E-state index is 0.344. The van der Waals surface area contributed by atoms with Crippen LogP contribution in [0.15, 0.2) is 67.0 Å². The number of piperidine rings is 1. The monoisotopic (exact) mass is 471 g/mol. The fourth-order valence-corrected chi connectivity index (χ4v) is 4.76. The smallest absolute Gasteiger partial charge is 0.269 e. The molecule has 4 aromatic rings. The van der Waals surface area contributed by atoms with E-state index < -0.39 is 5.91 Å². The summed E-state index contributed by atoms with van der Waals surface area (Å²) >= 11 is 0. The molecular formula is C27H29N5O3. The van der Waals surface area contributed by atoms with Crippen LogP contribution in [0.5, 0.6) is 17.2 Å². The van der Waals surface area contributed by atoms with Gasteiger partial charge in [-0.1, -0.05) is 18.2 Å². The van der Waals surface area contributed by atoms with Gasteiger partial charge in [0.15, 0.2) is 17.2 Å². The third kappa shape index (κ3) is 4.35. The molecule has 5 rings (SSSR count). The highest BCUT2D eigenvalue weighted by molar-refractivity contribution is 5.98. The predicted molar refractivity (Wildman–Crippen MR) is 135 cm³/mol. The third-order valence-electron chi connectivity index (χ3n) is 6.49. The van der Waals surface area contributed by atoms with Gasteiger partial charge in [0.2, 0.25) is 0 Å². The van der Waals surface area contributed by atoms with Crippen molar-refractivity contribution >= 4 is 11.6 Å². The molecule has 180 valence electrons. The zero-order valence-corrected chi connectivity index (χ0v) is 19.9. The number of carbonyl (C=O) groups is 1. The number of aromatic amines is 1. The average Bonchev–Trinajstić information content (AvgIpc) is 3.45. The zero-order valence-electron chi connectivity index (χ0n) is 19.9. The number of fused-ring (bicyclic) bond motifs is 1. The standard InChI is InChI=1S/C27H29N5O3/c1-3-14-31-15-12-18(13-16-31)21-17-29-32-25(26(28)33)24(30-27(21)32)19-8-10-20(11-9-19)35-23-7-5-4-6-22(23)34-2/h3-11,14,17-18,30H,12-13,15-16H2,1-2H3,(H2,28,33). The predicted octanol–water partition coefficient (Wildman–Crippen LogP) is 4.94. The summed E-state index contributed by atoms with van der Waals surface area (Å²) in [7, 11) is 1.61. The van der Waals surface area contributed by atoms with Crippen LogP contribution in [0.3, 0.4) is 0 Å². The van der Waals surface area contributed by atoms with Crippen LogP contribution in [0, 0.1) is 0 Å². The van der Waals surface area contributed by atoms with Crippen molar-refractivity contribution in [3.63, 3.8) is 0 Å². The summed E-state index contributed by atoms with van der Waals surface area (Å²) in [5.41, 5.74) is 9.56. The molecule has 0 atom stereocenters. The Balaban J connectivity index is 1.44. The number of H-pyrrole nitrogens is 1. The number of nitrogens with two attached hydrogens (primary N) is 1. The molecule has 8 heteroatoms. The molecule has 3 N–H and O–H groups in total. The number of carbonyl (C=O) groups excluding carboxylic acids is 1. The third-order valence-corrected chi connectivity index (χ3v) is 6.49. The van der Waals surface area contributed by atoms with E-state index in [9.17, 15) is 4.79 Å². The first-order chi connectivity index (χ1) is 17.1. The number of benzene rings is 2. The first kappa shape index (κ1) is 22.6. The highest BCUT2D eigenvalue weighted by atomic mass is 16.5. The zero-order chi connectivity index (χ0) is 24.4. The number of para-hydroxylation sites is 2. The number of likely N-dealkylation sites (tertiary alicyclic amines) is 1. The quantitative estimate of drug-likeness (QED) is 0.398. The first-order valence-electron chi connectivity index (χ1n) is 11.8. The summed E-state index contributed by atoms with van der Waals surface area (Å²) in [6, 6.07) is 15.0. The summed E-state index contributed by atoms with van der Waals surface area (Å²) in [6.07, 6.45) is 8.13. The Morgan fingerprint density at radius 1 is 1.11 bits per heavy atom. The SMILES string of the molecule is CC=CN1CCC(c2cnn3c(C(N)=O)c(-c4ccc(Oc5ccccc5OC)cc4)[nH]c23)CC1. The van der Waals surface area contributed by atoms with Crippen LogP contribution in [0.2, 0.25) is 0 Å². The Morgan fingerprint density at radius 3 is 2.49 bits per heavy atom. The van der Waals surface area contributed by atoms with Crippen molar-refractivity contribution in [2.24, 2.45) is 5.73 Å². The molecule has 0 aliphatic carbocycles. The second-order valence-corrected chi connectivity index (χ2v) is 8.64. The van der Waals surface area contributed by atoms with Gasteiger partial charge in [-0.2, -0.15) is 5.10 Å². The average molecular weight is 472 g/mol. The van der Waals surface area contributed by atoms with Crippen LogP contribution in [0.25, 0.3) is 16.9 Å². The lowest BCUT2D eigenvalue weighted by Crippen LogP contribution is -2.28. The number of rotatable bonds is 7. The van der Waals surface area contributed by atoms with Gasteiger partial charge in [-0.05, 0) is 68.3 Å². The van der Waals surface area contributed by atoms with E-state index in [0.29, 0.717) is 34.6 Å². The van der Waals surface area contributed by atoms with Crippen LogP contribution >= 0.6 is 0 Å². The first-order valence-corrected chi connectivity index (χ1v) is 11.8. The molecule has 0 unspecified atom stereocenters. The van der Waals surface area contributed by atoms with Crippen molar-refractivity contribution in [2.75, 3.05) is 20.2 Å². The Hall–Kier alpha value is -4.20. The molecule has 35 heavy (non-hydrogen) atoms. The fourth-order valence-electron chi connectivity index (χ4n) is 4.76. The molecule has 0 radical (unpaired) electrons. The maximum atomic E-state index is 12.4. The van der Waals surface area contributed by atoms with Gasteiger partial charge in [-0.15, -0.1) is 0 Å². The minimum Gasteiger partial charge on any atom is -0.493 e. The summed E-state index contributed by atoms with van der Waals surface area (Å²) in [5.74, 6) is 1.78. The van der Waals surface area contributed by atoms with Crippen molar-refractivity contribution in [1.29, 1.82) is 0 Å². The molecule has 3 heterocycles. The molecule has 1 aliphatic rings. The van der Waals surface area contributed by atoms with Gasteiger partial charge < -0.3 is 25.1 Å². The minimum atomic E-state index is -0.529. The number of amides is 1. The normalized spacial score (nSPS) is 14.6.